The molecule has 11 heteroatoms. The number of rotatable bonds is 5. The van der Waals surface area contributed by atoms with Gasteiger partial charge in [-0.1, -0.05) is 74.5 Å². The summed E-state index contributed by atoms with van der Waals surface area (Å²) in [7, 11) is -4.26. The highest BCUT2D eigenvalue weighted by Crippen LogP contribution is 2.52. The fraction of sp³-hybridized carbons (Fsp3) is 0.229. The summed E-state index contributed by atoms with van der Waals surface area (Å²) in [5.74, 6) is -7.31. The lowest BCUT2D eigenvalue weighted by Crippen LogP contribution is -2.41. The molecule has 238 valence electrons. The molecule has 46 heavy (non-hydrogen) atoms. The van der Waals surface area contributed by atoms with Crippen molar-refractivity contribution in [2.45, 2.75) is 38.7 Å². The molecule has 0 aromatic heterocycles. The van der Waals surface area contributed by atoms with Crippen LogP contribution in [0.25, 0.3) is 0 Å². The Morgan fingerprint density at radius 2 is 1.65 bits per heavy atom. The van der Waals surface area contributed by atoms with Crippen molar-refractivity contribution in [2.24, 2.45) is 5.41 Å². The van der Waals surface area contributed by atoms with Gasteiger partial charge in [-0.05, 0) is 47.7 Å². The third-order valence-electron chi connectivity index (χ3n) is 8.24. The highest BCUT2D eigenvalue weighted by molar-refractivity contribution is 7.95. The van der Waals surface area contributed by atoms with Gasteiger partial charge in [0.25, 0.3) is 11.8 Å². The van der Waals surface area contributed by atoms with Gasteiger partial charge in [0, 0.05) is 23.2 Å². The number of para-hydroxylation sites is 1. The molecule has 0 spiro atoms. The molecule has 6 nitrogen and oxygen atoms in total. The van der Waals surface area contributed by atoms with E-state index in [1.807, 2.05) is 0 Å². The van der Waals surface area contributed by atoms with Crippen LogP contribution >= 0.6 is 0 Å². The summed E-state index contributed by atoms with van der Waals surface area (Å²) in [5.41, 5.74) is -1.94. The number of hydrogen-bond donors (Lipinski definition) is 2. The molecule has 0 aliphatic carbocycles. The Morgan fingerprint density at radius 1 is 0.957 bits per heavy atom. The summed E-state index contributed by atoms with van der Waals surface area (Å²) >= 11 is 0. The monoisotopic (exact) mass is 650 g/mol. The number of phenolic OH excluding ortho intramolecular Hbond substituents is 1. The zero-order chi connectivity index (χ0) is 33.0. The third-order valence-corrected chi connectivity index (χ3v) is 10.5. The lowest BCUT2D eigenvalue weighted by molar-refractivity contribution is -0.00416. The molecule has 4 aromatic rings. The van der Waals surface area contributed by atoms with Gasteiger partial charge in [0.15, 0.2) is 9.84 Å². The van der Waals surface area contributed by atoms with E-state index in [0.717, 1.165) is 23.1 Å². The number of alkyl halides is 2. The molecule has 2 N–H and O–H groups in total. The van der Waals surface area contributed by atoms with Crippen LogP contribution in [0.4, 0.5) is 28.9 Å². The number of nitrogens with zero attached hydrogens (tertiary/aromatic N) is 1. The fourth-order valence-electron chi connectivity index (χ4n) is 6.30. The Balaban J connectivity index is 1.60. The number of aromatic hydroxyl groups is 1. The van der Waals surface area contributed by atoms with E-state index in [-0.39, 0.29) is 39.9 Å². The Bertz CT molecular complexity index is 2000. The summed E-state index contributed by atoms with van der Waals surface area (Å²) in [4.78, 5) is 14.9. The van der Waals surface area contributed by atoms with Gasteiger partial charge in [-0.15, -0.1) is 0 Å². The van der Waals surface area contributed by atoms with E-state index < -0.39 is 67.9 Å². The number of carbonyl (C=O) groups is 1. The molecule has 1 atom stereocenters. The quantitative estimate of drug-likeness (QED) is 0.170. The van der Waals surface area contributed by atoms with Gasteiger partial charge >= 0.3 is 0 Å². The minimum absolute atomic E-state index is 0.0403. The molecule has 6 rings (SSSR count). The average Bonchev–Trinajstić information content (AvgIpc) is 3.12. The van der Waals surface area contributed by atoms with Crippen LogP contribution in [-0.2, 0) is 22.2 Å². The third kappa shape index (κ3) is 5.64. The lowest BCUT2D eigenvalue weighted by atomic mass is 9.88. The van der Waals surface area contributed by atoms with Gasteiger partial charge in [-0.25, -0.2) is 26.0 Å². The number of nitrogens with one attached hydrogen (secondary N) is 1. The molecule has 0 unspecified atom stereocenters. The van der Waals surface area contributed by atoms with Crippen LogP contribution in [0.1, 0.15) is 53.4 Å². The molecule has 2 aliphatic rings. The molecule has 2 heterocycles. The number of amides is 1. The Hall–Kier alpha value is -4.64. The van der Waals surface area contributed by atoms with E-state index >= 15 is 17.6 Å². The topological polar surface area (TPSA) is 86.7 Å². The second kappa shape index (κ2) is 11.3. The first-order valence-electron chi connectivity index (χ1n) is 14.5. The summed E-state index contributed by atoms with van der Waals surface area (Å²) < 4.78 is 90.5. The van der Waals surface area contributed by atoms with Crippen LogP contribution in [-0.4, -0.2) is 25.2 Å². The number of benzene rings is 4. The summed E-state index contributed by atoms with van der Waals surface area (Å²) in [6, 6.07) is 18.1. The summed E-state index contributed by atoms with van der Waals surface area (Å²) in [6.45, 7) is 3.46. The number of anilines is 2. The van der Waals surface area contributed by atoms with Crippen LogP contribution in [0, 0.1) is 17.0 Å². The molecule has 0 bridgehead atoms. The van der Waals surface area contributed by atoms with E-state index in [4.69, 9.17) is 0 Å². The Morgan fingerprint density at radius 3 is 2.35 bits per heavy atom. The summed E-state index contributed by atoms with van der Waals surface area (Å²) in [6.07, 6.45) is -0.578. The van der Waals surface area contributed by atoms with E-state index in [1.165, 1.54) is 48.5 Å². The van der Waals surface area contributed by atoms with Crippen LogP contribution in [0.3, 0.4) is 0 Å². The highest BCUT2D eigenvalue weighted by Gasteiger charge is 2.48. The van der Waals surface area contributed by atoms with E-state index in [1.54, 1.807) is 32.0 Å². The standard InChI is InChI=1S/C35H30F4N2O4S/c1-34(2)19-27-32(46(44,45)20-34)31(23-16-15-22(17-26(23)37)35(38,39)18-21-9-4-3-5-10-21)41(28-13-8-14-29(42)30(28)40-27)33(43)24-11-6-7-12-25(24)36/h3-17,31,40,42H,18-20H2,1-2H3/t31-/m0/s1. The van der Waals surface area contributed by atoms with Gasteiger partial charge in [-0.2, -0.15) is 0 Å². The number of fused-ring (bicyclic) bond motifs is 1. The molecular formula is C35H30F4N2O4S. The highest BCUT2D eigenvalue weighted by atomic mass is 32.2. The van der Waals surface area contributed by atoms with Crippen molar-refractivity contribution in [2.75, 3.05) is 16.0 Å². The molecular weight excluding hydrogens is 620 g/mol. The summed E-state index contributed by atoms with van der Waals surface area (Å²) in [5, 5.41) is 13.9. The van der Waals surface area contributed by atoms with Crippen molar-refractivity contribution in [1.29, 1.82) is 0 Å². The van der Waals surface area contributed by atoms with Crippen LogP contribution in [0.2, 0.25) is 0 Å². The van der Waals surface area contributed by atoms with E-state index in [9.17, 15) is 18.3 Å². The minimum atomic E-state index is -4.26. The minimum Gasteiger partial charge on any atom is -0.506 e. The van der Waals surface area contributed by atoms with Gasteiger partial charge in [-0.3, -0.25) is 9.69 Å². The average molecular weight is 651 g/mol. The van der Waals surface area contributed by atoms with Crippen LogP contribution < -0.4 is 10.2 Å². The van der Waals surface area contributed by atoms with Crippen molar-refractivity contribution >= 4 is 27.1 Å². The molecule has 4 aromatic carbocycles. The maximum atomic E-state index is 16.3. The fourth-order valence-corrected chi connectivity index (χ4v) is 8.66. The van der Waals surface area contributed by atoms with Gasteiger partial charge in [0.2, 0.25) is 0 Å². The number of hydrogen-bond acceptors (Lipinski definition) is 5. The molecule has 0 radical (unpaired) electrons. The zero-order valence-electron chi connectivity index (χ0n) is 24.9. The maximum Gasteiger partial charge on any atom is 0.277 e. The lowest BCUT2D eigenvalue weighted by Gasteiger charge is -2.37. The number of sulfone groups is 1. The Kier molecular flexibility index (Phi) is 7.71. The predicted molar refractivity (Wildman–Crippen MR) is 167 cm³/mol. The number of halogens is 4. The van der Waals surface area contributed by atoms with Crippen molar-refractivity contribution in [3.63, 3.8) is 0 Å². The van der Waals surface area contributed by atoms with Crippen LogP contribution in [0.15, 0.2) is 102 Å². The molecule has 2 aliphatic heterocycles. The largest absolute Gasteiger partial charge is 0.506 e. The number of allylic oxidation sites excluding steroid dienone is 1. The second-order valence-electron chi connectivity index (χ2n) is 12.4. The smallest absolute Gasteiger partial charge is 0.277 e. The van der Waals surface area contributed by atoms with Crippen molar-refractivity contribution in [3.05, 3.63) is 135 Å². The molecule has 0 saturated heterocycles. The number of phenols is 1. The van der Waals surface area contributed by atoms with Gasteiger partial charge < -0.3 is 10.4 Å². The van der Waals surface area contributed by atoms with Gasteiger partial charge in [0.1, 0.15) is 29.1 Å². The first kappa shape index (κ1) is 31.3. The predicted octanol–water partition coefficient (Wildman–Crippen LogP) is 7.87. The SMILES string of the molecule is CC1(C)CC2=C([C@H](c3ccc(C(F)(F)Cc4ccccc4)cc3F)N(C(=O)c3ccccc3F)c3cccc(O)c3N2)S(=O)(=O)C1. The number of carbonyl (C=O) groups excluding carboxylic acids is 1. The van der Waals surface area contributed by atoms with E-state index in [2.05, 4.69) is 5.32 Å². The molecule has 0 fully saturated rings. The Labute approximate surface area is 263 Å². The van der Waals surface area contributed by atoms with Crippen molar-refractivity contribution < 1.29 is 35.9 Å². The van der Waals surface area contributed by atoms with E-state index in [0.29, 0.717) is 11.6 Å². The first-order chi connectivity index (χ1) is 21.7. The second-order valence-corrected chi connectivity index (χ2v) is 14.4. The molecule has 0 saturated carbocycles. The van der Waals surface area contributed by atoms with Gasteiger partial charge in [0.05, 0.1) is 21.9 Å². The molecule has 1 amide bonds. The maximum absolute atomic E-state index is 16.3. The van der Waals surface area contributed by atoms with Crippen LogP contribution in [0.5, 0.6) is 5.75 Å². The zero-order valence-corrected chi connectivity index (χ0v) is 25.7. The normalized spacial score (nSPS) is 18.7. The first-order valence-corrected chi connectivity index (χ1v) is 16.2. The van der Waals surface area contributed by atoms with Crippen molar-refractivity contribution in [1.82, 2.24) is 0 Å². The van der Waals surface area contributed by atoms with Crippen molar-refractivity contribution in [3.8, 4) is 5.75 Å².